The fourth-order valence-electron chi connectivity index (χ4n) is 2.57. The first-order valence-corrected chi connectivity index (χ1v) is 8.78. The van der Waals surface area contributed by atoms with E-state index in [1.54, 1.807) is 16.8 Å². The lowest BCUT2D eigenvalue weighted by Gasteiger charge is -2.23. The van der Waals surface area contributed by atoms with Crippen LogP contribution in [0.25, 0.3) is 0 Å². The molecule has 3 rings (SSSR count). The predicted molar refractivity (Wildman–Crippen MR) is 97.2 cm³/mol. The summed E-state index contributed by atoms with van der Waals surface area (Å²) in [5.74, 6) is -0.228. The summed E-state index contributed by atoms with van der Waals surface area (Å²) >= 11 is 1.52. The number of hydrogen-bond donors (Lipinski definition) is 1. The van der Waals surface area contributed by atoms with Crippen LogP contribution in [0.5, 0.6) is 0 Å². The number of aryl methyl sites for hydroxylation is 1. The third-order valence-corrected chi connectivity index (χ3v) is 4.80. The molecule has 0 bridgehead atoms. The van der Waals surface area contributed by atoms with Crippen molar-refractivity contribution in [1.82, 2.24) is 24.9 Å². The Bertz CT molecular complexity index is 811. The molecule has 0 aliphatic rings. The molecule has 6 nitrogen and oxygen atoms in total. The second-order valence-electron chi connectivity index (χ2n) is 6.11. The summed E-state index contributed by atoms with van der Waals surface area (Å²) < 4.78 is 14.8. The van der Waals surface area contributed by atoms with Gasteiger partial charge in [-0.15, -0.1) is 10.2 Å². The van der Waals surface area contributed by atoms with Crippen molar-refractivity contribution in [3.8, 4) is 0 Å². The summed E-state index contributed by atoms with van der Waals surface area (Å²) in [6, 6.07) is 6.66. The Kier molecular flexibility index (Phi) is 5.40. The fraction of sp³-hybridized carbons (Fsp3) is 0.353. The number of likely N-dealkylation sites (N-methyl/N-ethyl adjacent to an activating group) is 1. The zero-order chi connectivity index (χ0) is 17.8. The van der Waals surface area contributed by atoms with Gasteiger partial charge >= 0.3 is 0 Å². The van der Waals surface area contributed by atoms with E-state index in [1.165, 1.54) is 23.5 Å². The lowest BCUT2D eigenvalue weighted by molar-refractivity contribution is 0.311. The average molecular weight is 360 g/mol. The Morgan fingerprint density at radius 1 is 1.24 bits per heavy atom. The van der Waals surface area contributed by atoms with Gasteiger partial charge in [-0.2, -0.15) is 5.10 Å². The van der Waals surface area contributed by atoms with E-state index >= 15 is 0 Å². The van der Waals surface area contributed by atoms with Gasteiger partial charge in [0.05, 0.1) is 12.2 Å². The van der Waals surface area contributed by atoms with E-state index < -0.39 is 0 Å². The van der Waals surface area contributed by atoms with E-state index in [0.29, 0.717) is 13.0 Å². The van der Waals surface area contributed by atoms with Crippen LogP contribution in [0.15, 0.2) is 36.7 Å². The van der Waals surface area contributed by atoms with E-state index in [2.05, 4.69) is 25.5 Å². The van der Waals surface area contributed by atoms with Gasteiger partial charge in [0.2, 0.25) is 5.13 Å². The van der Waals surface area contributed by atoms with E-state index in [9.17, 15) is 4.39 Å². The summed E-state index contributed by atoms with van der Waals surface area (Å²) in [4.78, 5) is 2.14. The van der Waals surface area contributed by atoms with Gasteiger partial charge in [0, 0.05) is 31.8 Å². The van der Waals surface area contributed by atoms with Crippen LogP contribution < -0.4 is 5.32 Å². The lowest BCUT2D eigenvalue weighted by atomic mass is 10.1. The van der Waals surface area contributed by atoms with Crippen molar-refractivity contribution < 1.29 is 4.39 Å². The van der Waals surface area contributed by atoms with Crippen LogP contribution in [-0.2, 0) is 13.5 Å². The highest BCUT2D eigenvalue weighted by Gasteiger charge is 2.16. The van der Waals surface area contributed by atoms with Crippen molar-refractivity contribution in [2.45, 2.75) is 12.5 Å². The Balaban J connectivity index is 1.61. The van der Waals surface area contributed by atoms with Crippen molar-refractivity contribution in [3.63, 3.8) is 0 Å². The first-order valence-electron chi connectivity index (χ1n) is 7.97. The van der Waals surface area contributed by atoms with Gasteiger partial charge in [0.15, 0.2) is 0 Å². The maximum atomic E-state index is 13.0. The molecule has 1 unspecified atom stereocenters. The summed E-state index contributed by atoms with van der Waals surface area (Å²) in [6.45, 7) is 0.712. The number of nitrogens with zero attached hydrogens (tertiary/aromatic N) is 5. The van der Waals surface area contributed by atoms with Crippen molar-refractivity contribution in [3.05, 3.63) is 58.6 Å². The molecule has 3 aromatic rings. The van der Waals surface area contributed by atoms with Crippen molar-refractivity contribution >= 4 is 16.5 Å². The Labute approximate surface area is 150 Å². The molecular formula is C17H21FN6S. The minimum Gasteiger partial charge on any atom is -0.358 e. The minimum absolute atomic E-state index is 0.193. The number of hydrogen-bond acceptors (Lipinski definition) is 6. The molecule has 1 atom stereocenters. The molecule has 0 amide bonds. The summed E-state index contributed by atoms with van der Waals surface area (Å²) in [5.41, 5.74) is 2.17. The van der Waals surface area contributed by atoms with Crippen molar-refractivity contribution in [2.75, 3.05) is 26.0 Å². The van der Waals surface area contributed by atoms with Gasteiger partial charge in [0.25, 0.3) is 0 Å². The minimum atomic E-state index is -0.228. The Morgan fingerprint density at radius 2 is 2.00 bits per heavy atom. The predicted octanol–water partition coefficient (Wildman–Crippen LogP) is 2.72. The molecule has 0 saturated carbocycles. The molecule has 0 aliphatic heterocycles. The molecule has 1 aromatic carbocycles. The highest BCUT2D eigenvalue weighted by atomic mass is 32.1. The number of aromatic nitrogens is 4. The number of rotatable bonds is 7. The molecule has 8 heteroatoms. The monoisotopic (exact) mass is 360 g/mol. The summed E-state index contributed by atoms with van der Waals surface area (Å²) in [7, 11) is 5.99. The van der Waals surface area contributed by atoms with E-state index in [0.717, 1.165) is 21.3 Å². The summed E-state index contributed by atoms with van der Waals surface area (Å²) in [6.07, 6.45) is 4.55. The van der Waals surface area contributed by atoms with Gasteiger partial charge in [-0.3, -0.25) is 4.68 Å². The van der Waals surface area contributed by atoms with Gasteiger partial charge in [0.1, 0.15) is 10.8 Å². The molecule has 1 N–H and O–H groups in total. The number of nitrogens with one attached hydrogen (secondary N) is 1. The smallest absolute Gasteiger partial charge is 0.205 e. The maximum absolute atomic E-state index is 13.0. The second kappa shape index (κ2) is 7.71. The maximum Gasteiger partial charge on any atom is 0.205 e. The molecule has 0 radical (unpaired) electrons. The standard InChI is InChI=1S/C17H21FN6S/c1-23(2)15(13-9-20-24(3)11-13)10-19-17-22-21-16(25-17)8-12-4-6-14(18)7-5-12/h4-7,9,11,15H,8,10H2,1-3H3,(H,19,22). The fourth-order valence-corrected chi connectivity index (χ4v) is 3.35. The first-order chi connectivity index (χ1) is 12.0. The average Bonchev–Trinajstić information content (AvgIpc) is 3.19. The van der Waals surface area contributed by atoms with Crippen molar-refractivity contribution in [1.29, 1.82) is 0 Å². The van der Waals surface area contributed by atoms with E-state index in [-0.39, 0.29) is 11.9 Å². The zero-order valence-electron chi connectivity index (χ0n) is 14.5. The zero-order valence-corrected chi connectivity index (χ0v) is 15.3. The van der Waals surface area contributed by atoms with Crippen LogP contribution in [0.4, 0.5) is 9.52 Å². The highest BCUT2D eigenvalue weighted by molar-refractivity contribution is 7.15. The van der Waals surface area contributed by atoms with Crippen LogP contribution >= 0.6 is 11.3 Å². The summed E-state index contributed by atoms with van der Waals surface area (Å²) in [5, 5.41) is 17.7. The van der Waals surface area contributed by atoms with Crippen LogP contribution in [0.3, 0.4) is 0 Å². The Morgan fingerprint density at radius 3 is 2.64 bits per heavy atom. The van der Waals surface area contributed by atoms with Gasteiger partial charge in [-0.05, 0) is 31.8 Å². The quantitative estimate of drug-likeness (QED) is 0.702. The molecule has 25 heavy (non-hydrogen) atoms. The third-order valence-electron chi connectivity index (χ3n) is 3.92. The van der Waals surface area contributed by atoms with Crippen LogP contribution in [0, 0.1) is 5.82 Å². The van der Waals surface area contributed by atoms with Crippen LogP contribution in [0.1, 0.15) is 22.2 Å². The lowest BCUT2D eigenvalue weighted by Crippen LogP contribution is -2.26. The second-order valence-corrected chi connectivity index (χ2v) is 7.17. The number of anilines is 1. The molecule has 2 aromatic heterocycles. The van der Waals surface area contributed by atoms with E-state index in [4.69, 9.17) is 0 Å². The molecule has 0 spiro atoms. The van der Waals surface area contributed by atoms with Crippen LogP contribution in [-0.4, -0.2) is 45.5 Å². The number of benzene rings is 1. The highest BCUT2D eigenvalue weighted by Crippen LogP contribution is 2.22. The molecular weight excluding hydrogens is 339 g/mol. The first kappa shape index (κ1) is 17.5. The molecule has 0 fully saturated rings. The molecule has 2 heterocycles. The largest absolute Gasteiger partial charge is 0.358 e. The third kappa shape index (κ3) is 4.61. The number of halogens is 1. The molecule has 0 saturated heterocycles. The van der Waals surface area contributed by atoms with E-state index in [1.807, 2.05) is 33.5 Å². The Hall–Kier alpha value is -2.32. The van der Waals surface area contributed by atoms with Gasteiger partial charge < -0.3 is 10.2 Å². The normalized spacial score (nSPS) is 12.5. The van der Waals surface area contributed by atoms with Crippen LogP contribution in [0.2, 0.25) is 0 Å². The molecule has 132 valence electrons. The SMILES string of the molecule is CN(C)C(CNc1nnc(Cc2ccc(F)cc2)s1)c1cnn(C)c1. The topological polar surface area (TPSA) is 58.9 Å². The molecule has 0 aliphatic carbocycles. The van der Waals surface area contributed by atoms with Gasteiger partial charge in [-0.1, -0.05) is 23.5 Å². The van der Waals surface area contributed by atoms with Gasteiger partial charge in [-0.25, -0.2) is 4.39 Å². The van der Waals surface area contributed by atoms with Crippen molar-refractivity contribution in [2.24, 2.45) is 7.05 Å².